The van der Waals surface area contributed by atoms with Crippen LogP contribution < -0.4 is 16.2 Å². The highest BCUT2D eigenvalue weighted by atomic mass is 32.1. The van der Waals surface area contributed by atoms with Crippen molar-refractivity contribution in [2.45, 2.75) is 18.6 Å². The van der Waals surface area contributed by atoms with Crippen molar-refractivity contribution in [3.05, 3.63) is 92.2 Å². The van der Waals surface area contributed by atoms with Crippen LogP contribution in [0.25, 0.3) is 0 Å². The molecule has 8 nitrogen and oxygen atoms in total. The van der Waals surface area contributed by atoms with Gasteiger partial charge < -0.3 is 5.32 Å². The van der Waals surface area contributed by atoms with Crippen molar-refractivity contribution >= 4 is 34.5 Å². The number of hydrogen-bond donors (Lipinski definition) is 3. The van der Waals surface area contributed by atoms with Gasteiger partial charge >= 0.3 is 6.18 Å². The Morgan fingerprint density at radius 3 is 2.39 bits per heavy atom. The summed E-state index contributed by atoms with van der Waals surface area (Å²) in [6.45, 7) is 0. The number of carbonyl (C=O) groups is 2. The normalized spacial score (nSPS) is 12.0. The number of carbonyl (C=O) groups excluding carboxylic acids is 2. The summed E-state index contributed by atoms with van der Waals surface area (Å²) in [6.07, 6.45) is -4.65. The molecule has 0 aliphatic carbocycles. The number of thiophene rings is 1. The maximum atomic E-state index is 12.9. The number of nitro groups is 1. The van der Waals surface area contributed by atoms with E-state index in [0.717, 1.165) is 11.6 Å². The molecular weight excluding hydrogens is 461 g/mol. The van der Waals surface area contributed by atoms with Crippen LogP contribution >= 0.6 is 11.3 Å². The minimum absolute atomic E-state index is 0.112. The molecule has 0 aliphatic rings. The number of amides is 2. The molecule has 0 spiro atoms. The molecule has 2 amide bonds. The zero-order chi connectivity index (χ0) is 24.0. The van der Waals surface area contributed by atoms with Crippen LogP contribution in [0.1, 0.15) is 20.8 Å². The summed E-state index contributed by atoms with van der Waals surface area (Å²) >= 11 is 1.18. The molecule has 2 aromatic carbocycles. The van der Waals surface area contributed by atoms with E-state index in [4.69, 9.17) is 0 Å². The second kappa shape index (κ2) is 10.1. The average molecular weight is 478 g/mol. The molecular formula is C21H17F3N4O4S. The van der Waals surface area contributed by atoms with Crippen LogP contribution in [0.5, 0.6) is 0 Å². The van der Waals surface area contributed by atoms with Gasteiger partial charge in [0.1, 0.15) is 11.7 Å². The SMILES string of the molecule is O=C(NC(Cc1ccccc1)C(=O)NNc1ccc(C(F)(F)F)cc1[N+](=O)[O-])c1cccs1. The summed E-state index contributed by atoms with van der Waals surface area (Å²) in [4.78, 5) is 35.9. The van der Waals surface area contributed by atoms with Gasteiger partial charge in [-0.25, -0.2) is 0 Å². The molecule has 0 aliphatic heterocycles. The molecule has 172 valence electrons. The van der Waals surface area contributed by atoms with Crippen LogP contribution in [0, 0.1) is 10.1 Å². The quantitative estimate of drug-likeness (QED) is 0.332. The van der Waals surface area contributed by atoms with Gasteiger partial charge in [-0.1, -0.05) is 36.4 Å². The van der Waals surface area contributed by atoms with E-state index in [1.807, 2.05) is 0 Å². The van der Waals surface area contributed by atoms with E-state index in [2.05, 4.69) is 16.2 Å². The minimum atomic E-state index is -4.76. The Hall–Kier alpha value is -3.93. The smallest absolute Gasteiger partial charge is 0.339 e. The molecule has 1 atom stereocenters. The van der Waals surface area contributed by atoms with Gasteiger partial charge in [-0.05, 0) is 29.1 Å². The van der Waals surface area contributed by atoms with Gasteiger partial charge in [0.25, 0.3) is 17.5 Å². The number of nitro benzene ring substituents is 1. The number of alkyl halides is 3. The van der Waals surface area contributed by atoms with Crippen molar-refractivity contribution in [2.75, 3.05) is 5.43 Å². The number of benzene rings is 2. The highest BCUT2D eigenvalue weighted by molar-refractivity contribution is 7.12. The molecule has 3 rings (SSSR count). The molecule has 1 aromatic heterocycles. The van der Waals surface area contributed by atoms with Gasteiger partial charge in [0.15, 0.2) is 0 Å². The van der Waals surface area contributed by atoms with Crippen LogP contribution in [-0.4, -0.2) is 22.8 Å². The summed E-state index contributed by atoms with van der Waals surface area (Å²) in [6, 6.07) is 12.9. The maximum Gasteiger partial charge on any atom is 0.416 e. The summed E-state index contributed by atoms with van der Waals surface area (Å²) < 4.78 is 38.6. The number of nitrogens with zero attached hydrogens (tertiary/aromatic N) is 1. The number of anilines is 1. The predicted molar refractivity (Wildman–Crippen MR) is 116 cm³/mol. The summed E-state index contributed by atoms with van der Waals surface area (Å²) in [5.74, 6) is -1.22. The van der Waals surface area contributed by atoms with E-state index < -0.39 is 40.2 Å². The molecule has 0 saturated carbocycles. The molecule has 12 heteroatoms. The molecule has 3 N–H and O–H groups in total. The molecule has 0 radical (unpaired) electrons. The monoisotopic (exact) mass is 478 g/mol. The third-order valence-electron chi connectivity index (χ3n) is 4.49. The maximum absolute atomic E-state index is 12.9. The summed E-state index contributed by atoms with van der Waals surface area (Å²) in [5.41, 5.74) is 2.86. The fraction of sp³-hybridized carbons (Fsp3) is 0.143. The zero-order valence-electron chi connectivity index (χ0n) is 16.8. The number of halogens is 3. The zero-order valence-corrected chi connectivity index (χ0v) is 17.6. The molecule has 33 heavy (non-hydrogen) atoms. The van der Waals surface area contributed by atoms with Crippen molar-refractivity contribution in [1.29, 1.82) is 0 Å². The van der Waals surface area contributed by atoms with Crippen molar-refractivity contribution in [2.24, 2.45) is 0 Å². The second-order valence-electron chi connectivity index (χ2n) is 6.79. The van der Waals surface area contributed by atoms with Crippen molar-refractivity contribution < 1.29 is 27.7 Å². The van der Waals surface area contributed by atoms with Crippen molar-refractivity contribution in [3.63, 3.8) is 0 Å². The summed E-state index contributed by atoms with van der Waals surface area (Å²) in [5, 5.41) is 15.5. The number of hydrogen-bond acceptors (Lipinski definition) is 6. The van der Waals surface area contributed by atoms with E-state index in [1.54, 1.807) is 47.8 Å². The molecule has 0 saturated heterocycles. The number of hydrazine groups is 1. The Kier molecular flexibility index (Phi) is 7.28. The summed E-state index contributed by atoms with van der Waals surface area (Å²) in [7, 11) is 0. The Morgan fingerprint density at radius 1 is 1.06 bits per heavy atom. The average Bonchev–Trinajstić information content (AvgIpc) is 3.32. The largest absolute Gasteiger partial charge is 0.416 e. The van der Waals surface area contributed by atoms with Crippen molar-refractivity contribution in [3.8, 4) is 0 Å². The Labute approximate surface area is 189 Å². The van der Waals surface area contributed by atoms with Gasteiger partial charge in [0.2, 0.25) is 0 Å². The van der Waals surface area contributed by atoms with Crippen LogP contribution in [0.3, 0.4) is 0 Å². The van der Waals surface area contributed by atoms with Gasteiger partial charge in [-0.15, -0.1) is 11.3 Å². The minimum Gasteiger partial charge on any atom is -0.339 e. The Morgan fingerprint density at radius 2 is 1.79 bits per heavy atom. The van der Waals surface area contributed by atoms with Gasteiger partial charge in [0.05, 0.1) is 15.4 Å². The van der Waals surface area contributed by atoms with E-state index in [1.165, 1.54) is 11.3 Å². The first-order valence-corrected chi connectivity index (χ1v) is 10.3. The van der Waals surface area contributed by atoms with E-state index in [-0.39, 0.29) is 12.1 Å². The van der Waals surface area contributed by atoms with E-state index in [9.17, 15) is 32.9 Å². The molecule has 1 unspecified atom stereocenters. The molecule has 3 aromatic rings. The molecule has 0 fully saturated rings. The third-order valence-corrected chi connectivity index (χ3v) is 5.36. The Bertz CT molecular complexity index is 1140. The van der Waals surface area contributed by atoms with E-state index >= 15 is 0 Å². The van der Waals surface area contributed by atoms with Gasteiger partial charge in [-0.2, -0.15) is 13.2 Å². The first-order valence-electron chi connectivity index (χ1n) is 9.45. The van der Waals surface area contributed by atoms with Gasteiger partial charge in [-0.3, -0.25) is 30.6 Å². The highest BCUT2D eigenvalue weighted by Gasteiger charge is 2.33. The highest BCUT2D eigenvalue weighted by Crippen LogP contribution is 2.34. The van der Waals surface area contributed by atoms with Gasteiger partial charge in [0, 0.05) is 12.5 Å². The van der Waals surface area contributed by atoms with Crippen LogP contribution in [-0.2, 0) is 17.4 Å². The Balaban J connectivity index is 1.77. The van der Waals surface area contributed by atoms with Crippen LogP contribution in [0.15, 0.2) is 66.0 Å². The van der Waals surface area contributed by atoms with Crippen LogP contribution in [0.2, 0.25) is 0 Å². The number of rotatable bonds is 8. The second-order valence-corrected chi connectivity index (χ2v) is 7.74. The lowest BCUT2D eigenvalue weighted by Crippen LogP contribution is -2.49. The topological polar surface area (TPSA) is 113 Å². The lowest BCUT2D eigenvalue weighted by Gasteiger charge is -2.19. The third kappa shape index (κ3) is 6.29. The number of nitrogens with one attached hydrogen (secondary N) is 3. The molecule has 0 bridgehead atoms. The first-order chi connectivity index (χ1) is 15.6. The lowest BCUT2D eigenvalue weighted by atomic mass is 10.1. The first kappa shape index (κ1) is 23.7. The standard InChI is InChI=1S/C21H17F3N4O4S/c22-21(23,24)14-8-9-15(17(12-14)28(31)32)26-27-19(29)16(11-13-5-2-1-3-6-13)25-20(30)18-7-4-10-33-18/h1-10,12,16,26H,11H2,(H,25,30)(H,27,29). The fourth-order valence-electron chi connectivity index (χ4n) is 2.88. The molecule has 1 heterocycles. The van der Waals surface area contributed by atoms with Crippen molar-refractivity contribution in [1.82, 2.24) is 10.7 Å². The lowest BCUT2D eigenvalue weighted by molar-refractivity contribution is -0.384. The predicted octanol–water partition coefficient (Wildman–Crippen LogP) is 4.16. The fourth-order valence-corrected chi connectivity index (χ4v) is 3.50. The van der Waals surface area contributed by atoms with Crippen LogP contribution in [0.4, 0.5) is 24.5 Å². The van der Waals surface area contributed by atoms with E-state index in [0.29, 0.717) is 17.0 Å².